The number of aliphatic hydroxyl groups is 8. The van der Waals surface area contributed by atoms with Crippen molar-refractivity contribution in [1.29, 1.82) is 0 Å². The van der Waals surface area contributed by atoms with Crippen LogP contribution in [0.5, 0.6) is 0 Å². The minimum Gasteiger partial charge on any atom is -0.756 e. The number of rotatable bonds is 15. The molecule has 0 bridgehead atoms. The molecule has 2 rings (SSSR count). The number of ether oxygens (including phenoxy) is 4. The highest BCUT2D eigenvalue weighted by Crippen LogP contribution is 2.43. The van der Waals surface area contributed by atoms with Gasteiger partial charge in [-0.2, -0.15) is 0 Å². The van der Waals surface area contributed by atoms with E-state index in [0.717, 1.165) is 0 Å². The molecule has 2 heterocycles. The van der Waals surface area contributed by atoms with Gasteiger partial charge in [-0.3, -0.25) is 4.57 Å². The van der Waals surface area contributed by atoms with E-state index in [1.54, 1.807) is 0 Å². The molecule has 2 saturated heterocycles. The SMILES string of the molecule is NCCCO[C@H]1O[C@H]([C@@H](O)CO)[C@@H](O)[C@H](O[C@H]2O[C@H]([C@@H](O)CO)[C@@H](O)[C@H](OP(=O)([O-])OCC[NH3+])[C@@H]2O)[C@@H]1O. The van der Waals surface area contributed by atoms with E-state index in [9.17, 15) is 50.3 Å². The molecular formula is C19H39N2O16P. The zero-order valence-electron chi connectivity index (χ0n) is 20.5. The van der Waals surface area contributed by atoms with Crippen molar-refractivity contribution in [3.05, 3.63) is 0 Å². The average Bonchev–Trinajstić information content (AvgIpc) is 2.89. The molecule has 0 aliphatic carbocycles. The van der Waals surface area contributed by atoms with Crippen molar-refractivity contribution >= 4 is 7.82 Å². The summed E-state index contributed by atoms with van der Waals surface area (Å²) in [5.41, 5.74) is 8.83. The Morgan fingerprint density at radius 2 is 1.42 bits per heavy atom. The van der Waals surface area contributed by atoms with Crippen LogP contribution in [0.2, 0.25) is 0 Å². The molecule has 1 unspecified atom stereocenters. The van der Waals surface area contributed by atoms with Crippen LogP contribution in [0.3, 0.4) is 0 Å². The van der Waals surface area contributed by atoms with Crippen molar-refractivity contribution in [2.24, 2.45) is 5.73 Å². The van der Waals surface area contributed by atoms with Gasteiger partial charge in [0.2, 0.25) is 0 Å². The van der Waals surface area contributed by atoms with Gasteiger partial charge in [0.05, 0.1) is 26.4 Å². The van der Waals surface area contributed by atoms with Crippen LogP contribution in [-0.4, -0.2) is 154 Å². The highest BCUT2D eigenvalue weighted by molar-refractivity contribution is 7.45. The molecule has 18 nitrogen and oxygen atoms in total. The van der Waals surface area contributed by atoms with E-state index in [4.69, 9.17) is 29.2 Å². The lowest BCUT2D eigenvalue weighted by molar-refractivity contribution is -0.375. The number of nitrogens with two attached hydrogens (primary N) is 1. The van der Waals surface area contributed by atoms with Gasteiger partial charge < -0.3 is 85.2 Å². The number of aliphatic hydroxyl groups excluding tert-OH is 8. The van der Waals surface area contributed by atoms with Crippen molar-refractivity contribution in [2.75, 3.05) is 39.5 Å². The maximum absolute atomic E-state index is 12.2. The number of phosphoric ester groups is 1. The summed E-state index contributed by atoms with van der Waals surface area (Å²) in [4.78, 5) is 12.2. The summed E-state index contributed by atoms with van der Waals surface area (Å²) in [7, 11) is -5.14. The van der Waals surface area contributed by atoms with Crippen LogP contribution in [0.1, 0.15) is 6.42 Å². The number of hydrogen-bond donors (Lipinski definition) is 10. The first-order valence-corrected chi connectivity index (χ1v) is 13.4. The fourth-order valence-electron chi connectivity index (χ4n) is 3.89. The molecular weight excluding hydrogens is 543 g/mol. The monoisotopic (exact) mass is 582 g/mol. The summed E-state index contributed by atoms with van der Waals surface area (Å²) in [6.45, 7) is -1.93. The van der Waals surface area contributed by atoms with Gasteiger partial charge in [-0.1, -0.05) is 0 Å². The van der Waals surface area contributed by atoms with Crippen molar-refractivity contribution in [3.63, 3.8) is 0 Å². The van der Waals surface area contributed by atoms with E-state index in [-0.39, 0.29) is 26.3 Å². The second kappa shape index (κ2) is 15.5. The number of phosphoric acid groups is 1. The molecule has 13 atom stereocenters. The molecule has 0 amide bonds. The van der Waals surface area contributed by atoms with E-state index in [2.05, 4.69) is 10.3 Å². The smallest absolute Gasteiger partial charge is 0.268 e. The van der Waals surface area contributed by atoms with Gasteiger partial charge in [0, 0.05) is 0 Å². The summed E-state index contributed by atoms with van der Waals surface area (Å²) >= 11 is 0. The molecule has 13 N–H and O–H groups in total. The van der Waals surface area contributed by atoms with Gasteiger partial charge in [0.1, 0.15) is 67.6 Å². The summed E-state index contributed by atoms with van der Waals surface area (Å²) in [6.07, 6.45) is -21.6. The first-order valence-electron chi connectivity index (χ1n) is 11.9. The van der Waals surface area contributed by atoms with Crippen LogP contribution in [-0.2, 0) is 32.6 Å². The maximum atomic E-state index is 12.2. The zero-order valence-corrected chi connectivity index (χ0v) is 21.3. The van der Waals surface area contributed by atoms with Crippen molar-refractivity contribution in [2.45, 2.75) is 80.0 Å². The molecule has 0 radical (unpaired) electrons. The maximum Gasteiger partial charge on any atom is 0.268 e. The van der Waals surface area contributed by atoms with Crippen LogP contribution in [0, 0.1) is 0 Å². The lowest BCUT2D eigenvalue weighted by atomic mass is 9.93. The molecule has 0 spiro atoms. The second-order valence-electron chi connectivity index (χ2n) is 8.72. The lowest BCUT2D eigenvalue weighted by Gasteiger charge is -2.48. The molecule has 0 aromatic carbocycles. The van der Waals surface area contributed by atoms with E-state index < -0.39 is 94.7 Å². The molecule has 2 fully saturated rings. The second-order valence-corrected chi connectivity index (χ2v) is 10.1. The van der Waals surface area contributed by atoms with Crippen LogP contribution in [0.4, 0.5) is 0 Å². The quantitative estimate of drug-likeness (QED) is 0.0633. The van der Waals surface area contributed by atoms with Gasteiger partial charge in [-0.05, 0) is 13.0 Å². The van der Waals surface area contributed by atoms with Gasteiger partial charge in [0.25, 0.3) is 7.82 Å². The Labute approximate surface area is 217 Å². The van der Waals surface area contributed by atoms with E-state index in [1.807, 2.05) is 0 Å². The number of hydrogen-bond acceptors (Lipinski definition) is 17. The number of quaternary nitrogens is 1. The molecule has 38 heavy (non-hydrogen) atoms. The summed E-state index contributed by atoms with van der Waals surface area (Å²) < 4.78 is 43.2. The Bertz CT molecular complexity index is 741. The van der Waals surface area contributed by atoms with Gasteiger partial charge >= 0.3 is 0 Å². The van der Waals surface area contributed by atoms with Crippen molar-refractivity contribution < 1.29 is 84.0 Å². The molecule has 0 saturated carbocycles. The summed E-state index contributed by atoms with van der Waals surface area (Å²) in [5.74, 6) is 0. The Morgan fingerprint density at radius 1 is 0.895 bits per heavy atom. The Hall–Kier alpha value is -0.450. The third kappa shape index (κ3) is 8.53. The summed E-state index contributed by atoms with van der Waals surface area (Å²) in [5, 5.41) is 81.8. The van der Waals surface area contributed by atoms with Crippen LogP contribution < -0.4 is 16.4 Å². The van der Waals surface area contributed by atoms with Gasteiger partial charge in [-0.25, -0.2) is 0 Å². The van der Waals surface area contributed by atoms with Crippen LogP contribution >= 0.6 is 7.82 Å². The molecule has 2 aliphatic heterocycles. The topological polar surface area (TPSA) is 311 Å². The standard InChI is InChI=1S/C19H39N2O16P/c20-2-1-4-32-18-12(28)16(10(26)14(34-18)8(24)6-22)36-19-13(29)17(37-38(30,31)33-5-3-21)11(27)15(35-19)9(25)7-23/h8-19,22-29H,1-7,20-21H2,(H,30,31)/t8-,9-,10+,11+,12-,13-,14+,15+,16-,17-,18-,19+/m0/s1. The Balaban J connectivity index is 2.33. The van der Waals surface area contributed by atoms with Crippen LogP contribution in [0.25, 0.3) is 0 Å². The molecule has 226 valence electrons. The normalized spacial score (nSPS) is 39.4. The third-order valence-electron chi connectivity index (χ3n) is 5.86. The first-order chi connectivity index (χ1) is 17.9. The largest absolute Gasteiger partial charge is 0.756 e. The highest BCUT2D eigenvalue weighted by Gasteiger charge is 2.54. The minimum absolute atomic E-state index is 0.00945. The van der Waals surface area contributed by atoms with E-state index in [0.29, 0.717) is 6.42 Å². The van der Waals surface area contributed by atoms with Gasteiger partial charge in [-0.15, -0.1) is 0 Å². The third-order valence-corrected chi connectivity index (χ3v) is 6.86. The van der Waals surface area contributed by atoms with Crippen molar-refractivity contribution in [1.82, 2.24) is 0 Å². The molecule has 0 aromatic rings. The average molecular weight is 582 g/mol. The molecule has 19 heteroatoms. The minimum atomic E-state index is -5.14. The Kier molecular flexibility index (Phi) is 13.8. The predicted octanol–water partition coefficient (Wildman–Crippen LogP) is -7.55. The summed E-state index contributed by atoms with van der Waals surface area (Å²) in [6, 6.07) is 0. The van der Waals surface area contributed by atoms with Crippen LogP contribution in [0.15, 0.2) is 0 Å². The fourth-order valence-corrected chi connectivity index (χ4v) is 4.85. The zero-order chi connectivity index (χ0) is 28.6. The van der Waals surface area contributed by atoms with Crippen molar-refractivity contribution in [3.8, 4) is 0 Å². The lowest BCUT2D eigenvalue weighted by Crippen LogP contribution is -2.67. The van der Waals surface area contributed by atoms with E-state index >= 15 is 0 Å². The molecule has 0 aromatic heterocycles. The molecule has 2 aliphatic rings. The first kappa shape index (κ1) is 33.8. The van der Waals surface area contributed by atoms with Gasteiger partial charge in [0.15, 0.2) is 12.6 Å². The fraction of sp³-hybridized carbons (Fsp3) is 1.00. The Morgan fingerprint density at radius 3 is 1.95 bits per heavy atom. The predicted molar refractivity (Wildman–Crippen MR) is 118 cm³/mol. The van der Waals surface area contributed by atoms with E-state index in [1.165, 1.54) is 0 Å². The highest BCUT2D eigenvalue weighted by atomic mass is 31.2.